The molecule has 0 spiro atoms. The van der Waals surface area contributed by atoms with E-state index in [9.17, 15) is 0 Å². The van der Waals surface area contributed by atoms with Crippen LogP contribution in [0.15, 0.2) is 24.3 Å². The van der Waals surface area contributed by atoms with Gasteiger partial charge in [-0.1, -0.05) is 24.3 Å². The summed E-state index contributed by atoms with van der Waals surface area (Å²) in [6.07, 6.45) is 8.10. The van der Waals surface area contributed by atoms with Crippen LogP contribution in [0.5, 0.6) is 0 Å². The summed E-state index contributed by atoms with van der Waals surface area (Å²) in [5.74, 6) is 0.810. The molecular weight excluding hydrogens is 278 g/mol. The van der Waals surface area contributed by atoms with Crippen molar-refractivity contribution >= 4 is 0 Å². The zero-order valence-corrected chi connectivity index (χ0v) is 13.5. The average molecular weight is 307 g/mol. The number of hydrogen-bond donors (Lipinski definition) is 1. The van der Waals surface area contributed by atoms with Gasteiger partial charge in [0.2, 0.25) is 0 Å². The van der Waals surface area contributed by atoms with Gasteiger partial charge in [0.1, 0.15) is 12.3 Å². The molecule has 4 fully saturated rings. The number of rotatable bonds is 0. The number of nitrogens with one attached hydrogen (secondary N) is 1. The molecule has 3 heterocycles. The van der Waals surface area contributed by atoms with Crippen LogP contribution in [0, 0.1) is 5.92 Å². The molecule has 0 radical (unpaired) electrons. The second kappa shape index (κ2) is 7.73. The zero-order valence-electron chi connectivity index (χ0n) is 13.5. The van der Waals surface area contributed by atoms with Crippen LogP contribution in [0.3, 0.4) is 0 Å². The molecule has 1 N–H and O–H groups in total. The quantitative estimate of drug-likeness (QED) is 0.699. The molecular formula is C18H29NO3. The van der Waals surface area contributed by atoms with Crippen molar-refractivity contribution in [1.82, 2.24) is 5.32 Å². The smallest absolute Gasteiger partial charge is 0.135 e. The number of allylic oxidation sites excluding steroid dienone is 1. The molecule has 4 unspecified atom stereocenters. The lowest BCUT2D eigenvalue weighted by atomic mass is 9.80. The van der Waals surface area contributed by atoms with Gasteiger partial charge in [-0.3, -0.25) is 5.32 Å². The Morgan fingerprint density at radius 2 is 1.68 bits per heavy atom. The largest absolute Gasteiger partial charge is 0.378 e. The standard InChI is InChI=1S/C10H16O.C8H13NO2/c1-8-4-5-10-9(7-8)3-2-6-11-10;1-6-4-7-8(9-5-6)11-3-2-10-7/h9-10H,1-7H2;7-9H,1-5H2. The number of fused-ring (bicyclic) bond motifs is 2. The van der Waals surface area contributed by atoms with Crippen LogP contribution in [0.1, 0.15) is 38.5 Å². The topological polar surface area (TPSA) is 39.7 Å². The van der Waals surface area contributed by atoms with E-state index in [2.05, 4.69) is 18.5 Å². The second-order valence-corrected chi connectivity index (χ2v) is 6.84. The van der Waals surface area contributed by atoms with E-state index in [1.54, 1.807) is 0 Å². The highest BCUT2D eigenvalue weighted by Crippen LogP contribution is 2.35. The summed E-state index contributed by atoms with van der Waals surface area (Å²) in [4.78, 5) is 0. The van der Waals surface area contributed by atoms with Crippen molar-refractivity contribution in [2.24, 2.45) is 5.92 Å². The van der Waals surface area contributed by atoms with Gasteiger partial charge in [-0.25, -0.2) is 0 Å². The van der Waals surface area contributed by atoms with Crippen molar-refractivity contribution in [2.45, 2.75) is 57.0 Å². The molecule has 3 aliphatic heterocycles. The van der Waals surface area contributed by atoms with Crippen LogP contribution in [-0.2, 0) is 14.2 Å². The van der Waals surface area contributed by atoms with Crippen LogP contribution in [0.4, 0.5) is 0 Å². The summed E-state index contributed by atoms with van der Waals surface area (Å²) in [5, 5.41) is 3.22. The molecule has 0 bridgehead atoms. The fourth-order valence-corrected chi connectivity index (χ4v) is 3.80. The van der Waals surface area contributed by atoms with Crippen LogP contribution in [0.25, 0.3) is 0 Å². The predicted octanol–water partition coefficient (Wildman–Crippen LogP) is 2.80. The first kappa shape index (κ1) is 16.2. The SMILES string of the molecule is C=C1CCC2OCCCC2C1.C=C1CNC2OCCOC2C1. The predicted molar refractivity (Wildman–Crippen MR) is 86.7 cm³/mol. The molecule has 0 aromatic heterocycles. The summed E-state index contributed by atoms with van der Waals surface area (Å²) in [7, 11) is 0. The van der Waals surface area contributed by atoms with Gasteiger partial charge >= 0.3 is 0 Å². The van der Waals surface area contributed by atoms with Gasteiger partial charge in [-0.15, -0.1) is 0 Å². The lowest BCUT2D eigenvalue weighted by Gasteiger charge is -2.36. The molecule has 4 rings (SSSR count). The Hall–Kier alpha value is -0.680. The van der Waals surface area contributed by atoms with Crippen LogP contribution in [-0.4, -0.2) is 44.8 Å². The number of hydrogen-bond acceptors (Lipinski definition) is 4. The van der Waals surface area contributed by atoms with E-state index >= 15 is 0 Å². The molecule has 4 nitrogen and oxygen atoms in total. The van der Waals surface area contributed by atoms with E-state index in [1.807, 2.05) is 0 Å². The zero-order chi connectivity index (χ0) is 15.4. The Bertz CT molecular complexity index is 371. The van der Waals surface area contributed by atoms with Gasteiger partial charge < -0.3 is 14.2 Å². The average Bonchev–Trinajstić information content (AvgIpc) is 2.55. The van der Waals surface area contributed by atoms with Crippen LogP contribution >= 0.6 is 0 Å². The summed E-state index contributed by atoms with van der Waals surface area (Å²) in [6.45, 7) is 11.2. The van der Waals surface area contributed by atoms with E-state index in [0.717, 1.165) is 32.1 Å². The van der Waals surface area contributed by atoms with Crippen molar-refractivity contribution in [2.75, 3.05) is 26.4 Å². The van der Waals surface area contributed by atoms with E-state index in [4.69, 9.17) is 14.2 Å². The second-order valence-electron chi connectivity index (χ2n) is 6.84. The summed E-state index contributed by atoms with van der Waals surface area (Å²) in [5.41, 5.74) is 2.65. The Kier molecular flexibility index (Phi) is 5.69. The molecule has 124 valence electrons. The summed E-state index contributed by atoms with van der Waals surface area (Å²) >= 11 is 0. The monoisotopic (exact) mass is 307 g/mol. The number of ether oxygens (including phenoxy) is 3. The lowest BCUT2D eigenvalue weighted by Crippen LogP contribution is -2.51. The minimum atomic E-state index is 0.106. The molecule has 1 aliphatic carbocycles. The lowest BCUT2D eigenvalue weighted by molar-refractivity contribution is -0.156. The fourth-order valence-electron chi connectivity index (χ4n) is 3.80. The van der Waals surface area contributed by atoms with E-state index in [0.29, 0.717) is 12.7 Å². The molecule has 0 aromatic rings. The van der Waals surface area contributed by atoms with E-state index in [-0.39, 0.29) is 12.3 Å². The molecule has 0 aromatic carbocycles. The Labute approximate surface area is 133 Å². The van der Waals surface area contributed by atoms with Crippen molar-refractivity contribution in [3.05, 3.63) is 24.3 Å². The third-order valence-electron chi connectivity index (χ3n) is 5.00. The maximum atomic E-state index is 5.69. The van der Waals surface area contributed by atoms with Gasteiger partial charge in [0, 0.05) is 13.2 Å². The molecule has 4 heteroatoms. The Morgan fingerprint density at radius 1 is 0.864 bits per heavy atom. The van der Waals surface area contributed by atoms with E-state index in [1.165, 1.54) is 43.3 Å². The first-order valence-electron chi connectivity index (χ1n) is 8.64. The highest BCUT2D eigenvalue weighted by Gasteiger charge is 2.30. The van der Waals surface area contributed by atoms with Gasteiger partial charge in [-0.2, -0.15) is 0 Å². The van der Waals surface area contributed by atoms with Crippen molar-refractivity contribution < 1.29 is 14.2 Å². The molecule has 22 heavy (non-hydrogen) atoms. The molecule has 4 atom stereocenters. The molecule has 4 aliphatic rings. The Morgan fingerprint density at radius 3 is 2.59 bits per heavy atom. The number of piperidine rings is 1. The maximum absolute atomic E-state index is 5.69. The van der Waals surface area contributed by atoms with Crippen LogP contribution in [0.2, 0.25) is 0 Å². The maximum Gasteiger partial charge on any atom is 0.135 e. The van der Waals surface area contributed by atoms with Crippen molar-refractivity contribution in [3.63, 3.8) is 0 Å². The van der Waals surface area contributed by atoms with Crippen molar-refractivity contribution in [1.29, 1.82) is 0 Å². The third-order valence-corrected chi connectivity index (χ3v) is 5.00. The van der Waals surface area contributed by atoms with E-state index < -0.39 is 0 Å². The van der Waals surface area contributed by atoms with Gasteiger partial charge in [0.05, 0.1) is 19.3 Å². The normalized spacial score (nSPS) is 38.4. The van der Waals surface area contributed by atoms with Crippen molar-refractivity contribution in [3.8, 4) is 0 Å². The minimum absolute atomic E-state index is 0.106. The fraction of sp³-hybridized carbons (Fsp3) is 0.778. The highest BCUT2D eigenvalue weighted by atomic mass is 16.6. The van der Waals surface area contributed by atoms with Gasteiger partial charge in [0.25, 0.3) is 0 Å². The first-order chi connectivity index (χ1) is 10.7. The molecule has 0 amide bonds. The summed E-state index contributed by atoms with van der Waals surface area (Å²) < 4.78 is 16.6. The molecule has 1 saturated carbocycles. The highest BCUT2D eigenvalue weighted by molar-refractivity contribution is 5.05. The minimum Gasteiger partial charge on any atom is -0.378 e. The summed E-state index contributed by atoms with van der Waals surface area (Å²) in [6, 6.07) is 0. The van der Waals surface area contributed by atoms with Gasteiger partial charge in [-0.05, 0) is 44.4 Å². The molecule has 3 saturated heterocycles. The third kappa shape index (κ3) is 4.19. The Balaban J connectivity index is 0.000000131. The van der Waals surface area contributed by atoms with Gasteiger partial charge in [0.15, 0.2) is 0 Å². The van der Waals surface area contributed by atoms with Crippen LogP contribution < -0.4 is 5.32 Å². The first-order valence-corrected chi connectivity index (χ1v) is 8.64.